The Bertz CT molecular complexity index is 1360. The van der Waals surface area contributed by atoms with E-state index in [1.54, 1.807) is 12.3 Å². The third-order valence-electron chi connectivity index (χ3n) is 4.12. The van der Waals surface area contributed by atoms with Crippen LogP contribution < -0.4 is 5.56 Å². The van der Waals surface area contributed by atoms with Gasteiger partial charge in [0.2, 0.25) is 0 Å². The standard InChI is InChI=1S/C18H13N5O3S3/c1-8-14(29-9(2)19-8)16-22-23-18(26-16)28-7-12-20-15(24)13-10(6-27-17(13)21-12)11-4-3-5-25-11/h3-6H,7H2,1-2H3,(H,20,21,24). The van der Waals surface area contributed by atoms with E-state index in [4.69, 9.17) is 8.83 Å². The number of H-pyrrole nitrogens is 1. The molecule has 11 heteroatoms. The number of hydrogen-bond acceptors (Lipinski definition) is 10. The zero-order valence-electron chi connectivity index (χ0n) is 15.3. The molecule has 5 rings (SSSR count). The van der Waals surface area contributed by atoms with Gasteiger partial charge in [0.1, 0.15) is 21.3 Å². The molecular weight excluding hydrogens is 430 g/mol. The van der Waals surface area contributed by atoms with E-state index < -0.39 is 0 Å². The molecule has 0 bridgehead atoms. The highest BCUT2D eigenvalue weighted by atomic mass is 32.2. The quantitative estimate of drug-likeness (QED) is 0.391. The lowest BCUT2D eigenvalue weighted by atomic mass is 10.2. The Balaban J connectivity index is 1.38. The highest BCUT2D eigenvalue weighted by Gasteiger charge is 2.17. The van der Waals surface area contributed by atoms with Crippen LogP contribution in [0.3, 0.4) is 0 Å². The van der Waals surface area contributed by atoms with Crippen LogP contribution in [0.4, 0.5) is 0 Å². The van der Waals surface area contributed by atoms with Crippen LogP contribution in [-0.4, -0.2) is 25.1 Å². The maximum absolute atomic E-state index is 12.6. The second-order valence-corrected chi connectivity index (χ2v) is 9.12. The summed E-state index contributed by atoms with van der Waals surface area (Å²) in [6.45, 7) is 3.85. The number of furan rings is 1. The molecule has 0 radical (unpaired) electrons. The number of aromatic nitrogens is 5. The van der Waals surface area contributed by atoms with Crippen molar-refractivity contribution in [2.24, 2.45) is 0 Å². The zero-order chi connectivity index (χ0) is 20.0. The van der Waals surface area contributed by atoms with E-state index in [9.17, 15) is 4.79 Å². The van der Waals surface area contributed by atoms with Crippen molar-refractivity contribution in [2.75, 3.05) is 0 Å². The van der Waals surface area contributed by atoms with Crippen molar-refractivity contribution in [1.82, 2.24) is 25.1 Å². The fourth-order valence-electron chi connectivity index (χ4n) is 2.89. The lowest BCUT2D eigenvalue weighted by Crippen LogP contribution is -2.10. The van der Waals surface area contributed by atoms with Gasteiger partial charge >= 0.3 is 0 Å². The van der Waals surface area contributed by atoms with E-state index in [0.29, 0.717) is 38.7 Å². The number of nitrogens with one attached hydrogen (secondary N) is 1. The van der Waals surface area contributed by atoms with E-state index in [1.807, 2.05) is 25.3 Å². The zero-order valence-corrected chi connectivity index (χ0v) is 17.7. The van der Waals surface area contributed by atoms with Crippen molar-refractivity contribution in [1.29, 1.82) is 0 Å². The Labute approximate surface area is 176 Å². The van der Waals surface area contributed by atoms with Crippen LogP contribution >= 0.6 is 34.4 Å². The summed E-state index contributed by atoms with van der Waals surface area (Å²) in [5.41, 5.74) is 1.43. The van der Waals surface area contributed by atoms with Crippen LogP contribution in [0.5, 0.6) is 0 Å². The molecule has 0 spiro atoms. The van der Waals surface area contributed by atoms with Gasteiger partial charge in [-0.1, -0.05) is 11.8 Å². The molecule has 146 valence electrons. The van der Waals surface area contributed by atoms with E-state index >= 15 is 0 Å². The third kappa shape index (κ3) is 3.41. The molecular formula is C18H13N5O3S3. The maximum Gasteiger partial charge on any atom is 0.277 e. The van der Waals surface area contributed by atoms with Crippen LogP contribution in [0.25, 0.3) is 32.3 Å². The molecule has 0 aliphatic carbocycles. The van der Waals surface area contributed by atoms with Crippen molar-refractivity contribution in [3.8, 4) is 22.1 Å². The summed E-state index contributed by atoms with van der Waals surface area (Å²) in [5.74, 6) is 2.05. The van der Waals surface area contributed by atoms with Gasteiger partial charge < -0.3 is 13.8 Å². The Morgan fingerprint density at radius 2 is 2.14 bits per heavy atom. The number of nitrogens with zero attached hydrogens (tertiary/aromatic N) is 4. The number of thioether (sulfide) groups is 1. The van der Waals surface area contributed by atoms with Gasteiger partial charge in [-0.05, 0) is 26.0 Å². The SMILES string of the molecule is Cc1nc(C)c(-c2nnc(SCc3nc4scc(-c5ccco5)c4c(=O)[nH]3)o2)s1. The molecule has 0 amide bonds. The van der Waals surface area contributed by atoms with Crippen molar-refractivity contribution in [3.63, 3.8) is 0 Å². The van der Waals surface area contributed by atoms with Crippen LogP contribution in [0, 0.1) is 13.8 Å². The van der Waals surface area contributed by atoms with E-state index in [1.165, 1.54) is 34.4 Å². The van der Waals surface area contributed by atoms with Gasteiger partial charge in [-0.25, -0.2) is 9.97 Å². The van der Waals surface area contributed by atoms with Gasteiger partial charge in [0.05, 0.1) is 28.1 Å². The van der Waals surface area contributed by atoms with Crippen LogP contribution in [0.2, 0.25) is 0 Å². The molecule has 0 saturated heterocycles. The number of fused-ring (bicyclic) bond motifs is 1. The molecule has 0 unspecified atom stereocenters. The lowest BCUT2D eigenvalue weighted by Gasteiger charge is -1.99. The van der Waals surface area contributed by atoms with Crippen molar-refractivity contribution >= 4 is 44.7 Å². The molecule has 5 aromatic rings. The van der Waals surface area contributed by atoms with Crippen LogP contribution in [0.15, 0.2) is 42.6 Å². The monoisotopic (exact) mass is 443 g/mol. The van der Waals surface area contributed by atoms with Crippen molar-refractivity contribution < 1.29 is 8.83 Å². The molecule has 0 fully saturated rings. The fraction of sp³-hybridized carbons (Fsp3) is 0.167. The normalized spacial score (nSPS) is 11.5. The second-order valence-electron chi connectivity index (χ2n) is 6.13. The summed E-state index contributed by atoms with van der Waals surface area (Å²) in [7, 11) is 0. The minimum atomic E-state index is -0.194. The number of hydrogen-bond donors (Lipinski definition) is 1. The van der Waals surface area contributed by atoms with E-state index in [0.717, 1.165) is 21.1 Å². The largest absolute Gasteiger partial charge is 0.464 e. The first-order valence-corrected chi connectivity index (χ1v) is 11.2. The summed E-state index contributed by atoms with van der Waals surface area (Å²) < 4.78 is 11.2. The summed E-state index contributed by atoms with van der Waals surface area (Å²) in [5, 5.41) is 12.0. The van der Waals surface area contributed by atoms with Gasteiger partial charge in [-0.3, -0.25) is 4.79 Å². The highest BCUT2D eigenvalue weighted by Crippen LogP contribution is 2.33. The second kappa shape index (κ2) is 7.25. The first-order chi connectivity index (χ1) is 14.1. The molecule has 0 atom stereocenters. The van der Waals surface area contributed by atoms with Gasteiger partial charge in [0.15, 0.2) is 0 Å². The van der Waals surface area contributed by atoms with E-state index in [2.05, 4.69) is 25.1 Å². The van der Waals surface area contributed by atoms with Crippen molar-refractivity contribution in [3.05, 3.63) is 50.7 Å². The minimum Gasteiger partial charge on any atom is -0.464 e. The smallest absolute Gasteiger partial charge is 0.277 e. The van der Waals surface area contributed by atoms with Crippen molar-refractivity contribution in [2.45, 2.75) is 24.8 Å². The molecule has 0 aliphatic heterocycles. The molecule has 8 nitrogen and oxygen atoms in total. The molecule has 0 aromatic carbocycles. The lowest BCUT2D eigenvalue weighted by molar-refractivity contribution is 0.466. The summed E-state index contributed by atoms with van der Waals surface area (Å²) >= 11 is 4.25. The maximum atomic E-state index is 12.6. The molecule has 0 aliphatic rings. The average molecular weight is 444 g/mol. The van der Waals surface area contributed by atoms with Gasteiger partial charge in [0, 0.05) is 10.9 Å². The fourth-order valence-corrected chi connectivity index (χ4v) is 5.32. The Morgan fingerprint density at radius 1 is 1.24 bits per heavy atom. The Morgan fingerprint density at radius 3 is 2.90 bits per heavy atom. The van der Waals surface area contributed by atoms with Crippen LogP contribution in [0.1, 0.15) is 16.5 Å². The first kappa shape index (κ1) is 18.3. The number of thiophene rings is 1. The molecule has 0 saturated carbocycles. The number of aryl methyl sites for hydroxylation is 2. The Hall–Kier alpha value is -2.76. The predicted molar refractivity (Wildman–Crippen MR) is 112 cm³/mol. The summed E-state index contributed by atoms with van der Waals surface area (Å²) in [6.07, 6.45) is 1.58. The first-order valence-electron chi connectivity index (χ1n) is 8.53. The minimum absolute atomic E-state index is 0.194. The average Bonchev–Trinajstić information content (AvgIpc) is 3.46. The van der Waals surface area contributed by atoms with Crippen LogP contribution in [-0.2, 0) is 5.75 Å². The molecule has 5 heterocycles. The van der Waals surface area contributed by atoms with Gasteiger partial charge in [-0.2, -0.15) is 0 Å². The third-order valence-corrected chi connectivity index (χ3v) is 6.88. The summed E-state index contributed by atoms with van der Waals surface area (Å²) in [4.78, 5) is 25.9. The van der Waals surface area contributed by atoms with E-state index in [-0.39, 0.29) is 5.56 Å². The topological polar surface area (TPSA) is 111 Å². The molecule has 5 aromatic heterocycles. The Kier molecular flexibility index (Phi) is 4.57. The molecule has 1 N–H and O–H groups in total. The highest BCUT2D eigenvalue weighted by molar-refractivity contribution is 7.98. The van der Waals surface area contributed by atoms with Gasteiger partial charge in [0.25, 0.3) is 16.7 Å². The number of thiazole rings is 1. The summed E-state index contributed by atoms with van der Waals surface area (Å²) in [6, 6.07) is 3.61. The predicted octanol–water partition coefficient (Wildman–Crippen LogP) is 4.66. The number of aromatic amines is 1. The molecule has 29 heavy (non-hydrogen) atoms. The van der Waals surface area contributed by atoms with Gasteiger partial charge in [-0.15, -0.1) is 32.9 Å². The number of rotatable bonds is 5.